The van der Waals surface area contributed by atoms with Gasteiger partial charge in [-0.25, -0.2) is 9.59 Å². The Morgan fingerprint density at radius 3 is 2.34 bits per heavy atom. The highest BCUT2D eigenvalue weighted by Gasteiger charge is 2.42. The monoisotopic (exact) mass is 492 g/mol. The summed E-state index contributed by atoms with van der Waals surface area (Å²) in [7, 11) is 1.51. The predicted octanol–water partition coefficient (Wildman–Crippen LogP) is 2.76. The number of urea groups is 1. The summed E-state index contributed by atoms with van der Waals surface area (Å²) in [6.45, 7) is 0.0617. The van der Waals surface area contributed by atoms with Gasteiger partial charge in [-0.2, -0.15) is 13.2 Å². The van der Waals surface area contributed by atoms with Crippen molar-refractivity contribution in [3.8, 4) is 5.75 Å². The van der Waals surface area contributed by atoms with Crippen LogP contribution in [0.2, 0.25) is 0 Å². The lowest BCUT2D eigenvalue weighted by molar-refractivity contribution is -0.201. The van der Waals surface area contributed by atoms with E-state index < -0.39 is 29.8 Å². The Labute approximate surface area is 195 Å². The number of ether oxygens (including phenoxy) is 1. The van der Waals surface area contributed by atoms with Crippen LogP contribution >= 0.6 is 0 Å². The Hall–Kier alpha value is -4.75. The molecule has 35 heavy (non-hydrogen) atoms. The number of benzene rings is 2. The van der Waals surface area contributed by atoms with Crippen molar-refractivity contribution in [2.45, 2.75) is 12.7 Å². The van der Waals surface area contributed by atoms with E-state index in [9.17, 15) is 27.6 Å². The lowest BCUT2D eigenvalue weighted by Gasteiger charge is -2.10. The number of carbonyl (C=O) groups is 3. The first-order valence-corrected chi connectivity index (χ1v) is 9.79. The zero-order chi connectivity index (χ0) is 25.6. The van der Waals surface area contributed by atoms with E-state index in [1.807, 2.05) is 0 Å². The summed E-state index contributed by atoms with van der Waals surface area (Å²) in [4.78, 5) is 39.1. The molecule has 0 radical (unpaired) electrons. The van der Waals surface area contributed by atoms with Crippen molar-refractivity contribution >= 4 is 35.0 Å². The van der Waals surface area contributed by atoms with Gasteiger partial charge in [-0.05, 0) is 29.8 Å². The maximum absolute atomic E-state index is 12.4. The molecule has 3 aromatic rings. The van der Waals surface area contributed by atoms with Gasteiger partial charge in [0.05, 0.1) is 19.0 Å². The summed E-state index contributed by atoms with van der Waals surface area (Å²) in [5, 5.41) is 11.5. The van der Waals surface area contributed by atoms with Gasteiger partial charge in [-0.1, -0.05) is 23.0 Å². The summed E-state index contributed by atoms with van der Waals surface area (Å²) < 4.78 is 42.3. The molecule has 184 valence electrons. The molecular weight excluding hydrogens is 473 g/mol. The summed E-state index contributed by atoms with van der Waals surface area (Å²) in [5.41, 5.74) is 6.27. The number of hydrogen-bond donors (Lipinski definition) is 4. The van der Waals surface area contributed by atoms with Crippen LogP contribution in [0, 0.1) is 0 Å². The highest BCUT2D eigenvalue weighted by molar-refractivity contribution is 6.00. The van der Waals surface area contributed by atoms with Gasteiger partial charge in [0.2, 0.25) is 0 Å². The van der Waals surface area contributed by atoms with E-state index in [1.54, 1.807) is 48.5 Å². The number of carbonyl (C=O) groups excluding carboxylic acids is 3. The van der Waals surface area contributed by atoms with Crippen molar-refractivity contribution < 1.29 is 37.1 Å². The number of nitrogens with two attached hydrogens (primary N) is 1. The van der Waals surface area contributed by atoms with Gasteiger partial charge in [0.15, 0.2) is 5.69 Å². The normalized spacial score (nSPS) is 10.9. The van der Waals surface area contributed by atoms with Gasteiger partial charge in [-0.15, -0.1) is 5.10 Å². The number of halogens is 3. The molecule has 5 N–H and O–H groups in total. The number of alkyl halides is 3. The fraction of sp³-hybridized carbons (Fsp3) is 0.143. The maximum Gasteiger partial charge on any atom is 0.493 e. The highest BCUT2D eigenvalue weighted by Crippen LogP contribution is 2.20. The molecule has 0 aliphatic carbocycles. The van der Waals surface area contributed by atoms with Crippen molar-refractivity contribution in [2.24, 2.45) is 5.73 Å². The third kappa shape index (κ3) is 6.86. The fourth-order valence-corrected chi connectivity index (χ4v) is 2.80. The second-order valence-corrected chi connectivity index (χ2v) is 6.90. The first-order chi connectivity index (χ1) is 16.5. The van der Waals surface area contributed by atoms with Gasteiger partial charge in [0.25, 0.3) is 5.91 Å². The number of hydrogen-bond acceptors (Lipinski definition) is 7. The van der Waals surface area contributed by atoms with Crippen LogP contribution in [-0.2, 0) is 11.3 Å². The third-order valence-corrected chi connectivity index (χ3v) is 4.33. The summed E-state index contributed by atoms with van der Waals surface area (Å²) >= 11 is 0. The molecule has 0 unspecified atom stereocenters. The molecule has 0 spiro atoms. The SMILES string of the molecule is COc1cccc(NC(=O)Nc2cccc(CNc3cn(OC(=O)C(F)(F)F)nc3C(N)=O)c2)c1. The van der Waals surface area contributed by atoms with Gasteiger partial charge < -0.3 is 31.3 Å². The first-order valence-electron chi connectivity index (χ1n) is 9.79. The Morgan fingerprint density at radius 2 is 1.71 bits per heavy atom. The number of methoxy groups -OCH3 is 1. The Kier molecular flexibility index (Phi) is 7.43. The minimum Gasteiger partial charge on any atom is -0.497 e. The van der Waals surface area contributed by atoms with Crippen LogP contribution in [0.3, 0.4) is 0 Å². The van der Waals surface area contributed by atoms with Crippen LogP contribution in [0.15, 0.2) is 54.7 Å². The quantitative estimate of drug-likeness (QED) is 0.378. The molecule has 1 aromatic heterocycles. The number of nitrogens with one attached hydrogen (secondary N) is 3. The van der Waals surface area contributed by atoms with Gasteiger partial charge >= 0.3 is 18.2 Å². The molecule has 14 heteroatoms. The Bertz CT molecular complexity index is 1240. The molecule has 1 heterocycles. The van der Waals surface area contributed by atoms with Gasteiger partial charge in [0.1, 0.15) is 5.75 Å². The van der Waals surface area contributed by atoms with E-state index in [-0.39, 0.29) is 17.1 Å². The van der Waals surface area contributed by atoms with Crippen molar-refractivity contribution in [3.63, 3.8) is 0 Å². The van der Waals surface area contributed by atoms with Crippen molar-refractivity contribution in [2.75, 3.05) is 23.1 Å². The van der Waals surface area contributed by atoms with Crippen molar-refractivity contribution in [1.29, 1.82) is 0 Å². The average molecular weight is 492 g/mol. The molecule has 0 atom stereocenters. The molecular formula is C21H19F3N6O5. The number of primary amides is 1. The number of rotatable bonds is 8. The van der Waals surface area contributed by atoms with Crippen LogP contribution in [0.5, 0.6) is 5.75 Å². The van der Waals surface area contributed by atoms with Crippen molar-refractivity contribution in [1.82, 2.24) is 9.94 Å². The Morgan fingerprint density at radius 1 is 1.06 bits per heavy atom. The smallest absolute Gasteiger partial charge is 0.493 e. The molecule has 3 amide bonds. The predicted molar refractivity (Wildman–Crippen MR) is 118 cm³/mol. The van der Waals surface area contributed by atoms with E-state index in [0.717, 1.165) is 6.20 Å². The minimum absolute atomic E-state index is 0.0617. The molecule has 0 aliphatic rings. The number of amides is 3. The average Bonchev–Trinajstić information content (AvgIpc) is 3.20. The van der Waals surface area contributed by atoms with E-state index in [2.05, 4.69) is 25.9 Å². The molecule has 3 rings (SSSR count). The highest BCUT2D eigenvalue weighted by atomic mass is 19.4. The van der Waals surface area contributed by atoms with Crippen LogP contribution in [0.4, 0.5) is 35.0 Å². The Balaban J connectivity index is 1.65. The van der Waals surface area contributed by atoms with Crippen LogP contribution in [0.25, 0.3) is 0 Å². The third-order valence-electron chi connectivity index (χ3n) is 4.33. The van der Waals surface area contributed by atoms with E-state index in [1.165, 1.54) is 7.11 Å². The molecule has 0 saturated heterocycles. The van der Waals surface area contributed by atoms with Crippen LogP contribution in [0.1, 0.15) is 16.1 Å². The van der Waals surface area contributed by atoms with E-state index >= 15 is 0 Å². The zero-order valence-electron chi connectivity index (χ0n) is 18.1. The van der Waals surface area contributed by atoms with Crippen molar-refractivity contribution in [3.05, 3.63) is 66.0 Å². The minimum atomic E-state index is -5.25. The first kappa shape index (κ1) is 24.9. The molecule has 0 fully saturated rings. The molecule has 0 saturated carbocycles. The van der Waals surface area contributed by atoms with Gasteiger partial charge in [0, 0.05) is 24.0 Å². The van der Waals surface area contributed by atoms with Gasteiger partial charge in [-0.3, -0.25) is 4.79 Å². The standard InChI is InChI=1S/C21H19F3N6O5/c1-34-15-7-3-6-14(9-15)28-20(33)27-13-5-2-4-12(8-13)10-26-16-11-30(29-17(16)18(25)31)35-19(32)21(22,23)24/h2-9,11,26H,10H2,1H3,(H2,25,31)(H2,27,28,33). The second-order valence-electron chi connectivity index (χ2n) is 6.90. The van der Waals surface area contributed by atoms with Crippen LogP contribution in [-0.4, -0.2) is 41.1 Å². The topological polar surface area (TPSA) is 150 Å². The molecule has 0 bridgehead atoms. The summed E-state index contributed by atoms with van der Waals surface area (Å²) in [6.07, 6.45) is -4.38. The van der Waals surface area contributed by atoms with E-state index in [4.69, 9.17) is 10.5 Å². The molecule has 0 aliphatic heterocycles. The fourth-order valence-electron chi connectivity index (χ4n) is 2.80. The number of anilines is 3. The summed E-state index contributed by atoms with van der Waals surface area (Å²) in [6, 6.07) is 12.9. The second kappa shape index (κ2) is 10.5. The maximum atomic E-state index is 12.4. The van der Waals surface area contributed by atoms with Crippen LogP contribution < -0.4 is 31.3 Å². The lowest BCUT2D eigenvalue weighted by atomic mass is 10.2. The zero-order valence-corrected chi connectivity index (χ0v) is 18.1. The molecule has 11 nitrogen and oxygen atoms in total. The largest absolute Gasteiger partial charge is 0.497 e. The number of nitrogens with zero attached hydrogens (tertiary/aromatic N) is 2. The number of aromatic nitrogens is 2. The molecule has 2 aromatic carbocycles. The summed E-state index contributed by atoms with van der Waals surface area (Å²) in [5.74, 6) is -3.00. The lowest BCUT2D eigenvalue weighted by Crippen LogP contribution is -2.33. The van der Waals surface area contributed by atoms with E-state index in [0.29, 0.717) is 22.7 Å².